The number of likely N-dealkylation sites (N-methyl/N-ethyl adjacent to an activating group) is 1. The summed E-state index contributed by atoms with van der Waals surface area (Å²) in [6.45, 7) is 3.49. The third-order valence-corrected chi connectivity index (χ3v) is 2.18. The molecule has 0 fully saturated rings. The first-order chi connectivity index (χ1) is 8.27. The summed E-state index contributed by atoms with van der Waals surface area (Å²) < 4.78 is 11.1. The average Bonchev–Trinajstić information content (AvgIpc) is 2.35. The molecule has 4 nitrogen and oxygen atoms in total. The predicted molar refractivity (Wildman–Crippen MR) is 67.7 cm³/mol. The minimum absolute atomic E-state index is 0.257. The number of ether oxygens (including phenoxy) is 2. The van der Waals surface area contributed by atoms with Gasteiger partial charge in [-0.1, -0.05) is 19.1 Å². The Morgan fingerprint density at radius 1 is 1.24 bits per heavy atom. The maximum atomic E-state index is 9.55. The van der Waals surface area contributed by atoms with E-state index in [-0.39, 0.29) is 6.61 Å². The number of para-hydroxylation sites is 2. The maximum Gasteiger partial charge on any atom is 0.161 e. The van der Waals surface area contributed by atoms with Gasteiger partial charge in [0.25, 0.3) is 0 Å². The lowest BCUT2D eigenvalue weighted by atomic mass is 10.3. The molecule has 17 heavy (non-hydrogen) atoms. The van der Waals surface area contributed by atoms with Gasteiger partial charge in [-0.3, -0.25) is 0 Å². The number of nitrogens with one attached hydrogen (secondary N) is 1. The first kappa shape index (κ1) is 13.8. The van der Waals surface area contributed by atoms with E-state index in [2.05, 4.69) is 12.2 Å². The first-order valence-electron chi connectivity index (χ1n) is 5.95. The fraction of sp³-hybridized carbons (Fsp3) is 0.538. The maximum absolute atomic E-state index is 9.55. The molecule has 0 bridgehead atoms. The minimum Gasteiger partial charge on any atom is -0.490 e. The van der Waals surface area contributed by atoms with Crippen LogP contribution in [0.5, 0.6) is 11.5 Å². The van der Waals surface area contributed by atoms with Gasteiger partial charge in [-0.25, -0.2) is 0 Å². The second-order valence-corrected chi connectivity index (χ2v) is 3.82. The van der Waals surface area contributed by atoms with Gasteiger partial charge in [-0.15, -0.1) is 0 Å². The van der Waals surface area contributed by atoms with Crippen LogP contribution in [0.25, 0.3) is 0 Å². The summed E-state index contributed by atoms with van der Waals surface area (Å²) in [6, 6.07) is 7.51. The number of hydrogen-bond acceptors (Lipinski definition) is 4. The van der Waals surface area contributed by atoms with Crippen molar-refractivity contribution in [3.05, 3.63) is 24.3 Å². The summed E-state index contributed by atoms with van der Waals surface area (Å²) in [4.78, 5) is 0. The predicted octanol–water partition coefficient (Wildman–Crippen LogP) is 1.43. The van der Waals surface area contributed by atoms with Gasteiger partial charge in [0.15, 0.2) is 11.5 Å². The molecule has 0 amide bonds. The number of aliphatic hydroxyl groups excluding tert-OH is 1. The van der Waals surface area contributed by atoms with E-state index in [4.69, 9.17) is 9.47 Å². The van der Waals surface area contributed by atoms with Gasteiger partial charge in [-0.2, -0.15) is 0 Å². The van der Waals surface area contributed by atoms with Crippen LogP contribution in [0.15, 0.2) is 24.3 Å². The lowest BCUT2D eigenvalue weighted by Crippen LogP contribution is -2.29. The summed E-state index contributed by atoms with van der Waals surface area (Å²) in [7, 11) is 1.79. The van der Waals surface area contributed by atoms with Gasteiger partial charge >= 0.3 is 0 Å². The van der Waals surface area contributed by atoms with Crippen molar-refractivity contribution in [3.63, 3.8) is 0 Å². The highest BCUT2D eigenvalue weighted by Crippen LogP contribution is 2.26. The van der Waals surface area contributed by atoms with E-state index in [0.29, 0.717) is 18.9 Å². The Hall–Kier alpha value is -1.26. The number of benzene rings is 1. The summed E-state index contributed by atoms with van der Waals surface area (Å²) in [5.41, 5.74) is 0. The van der Waals surface area contributed by atoms with E-state index >= 15 is 0 Å². The number of rotatable bonds is 8. The smallest absolute Gasteiger partial charge is 0.161 e. The summed E-state index contributed by atoms with van der Waals surface area (Å²) in [5, 5.41) is 12.4. The molecule has 0 aliphatic heterocycles. The molecule has 0 aromatic heterocycles. The summed E-state index contributed by atoms with van der Waals surface area (Å²) in [5.74, 6) is 1.40. The van der Waals surface area contributed by atoms with E-state index in [1.807, 2.05) is 24.3 Å². The zero-order valence-corrected chi connectivity index (χ0v) is 10.5. The SMILES string of the molecule is CCCOc1ccccc1OCC(O)CNC. The Labute approximate surface area is 103 Å². The Morgan fingerprint density at radius 3 is 2.47 bits per heavy atom. The quantitative estimate of drug-likeness (QED) is 0.720. The first-order valence-corrected chi connectivity index (χ1v) is 5.95. The molecule has 0 saturated heterocycles. The lowest BCUT2D eigenvalue weighted by Gasteiger charge is -2.14. The summed E-state index contributed by atoms with van der Waals surface area (Å²) >= 11 is 0. The third kappa shape index (κ3) is 5.06. The fourth-order valence-electron chi connectivity index (χ4n) is 1.38. The molecular formula is C13H21NO3. The molecule has 4 heteroatoms. The van der Waals surface area contributed by atoms with E-state index in [1.54, 1.807) is 7.05 Å². The molecule has 1 aromatic carbocycles. The molecule has 0 radical (unpaired) electrons. The molecule has 0 aliphatic carbocycles. The highest BCUT2D eigenvalue weighted by atomic mass is 16.5. The van der Waals surface area contributed by atoms with Gasteiger partial charge in [-0.05, 0) is 25.6 Å². The standard InChI is InChI=1S/C13H21NO3/c1-3-8-16-12-6-4-5-7-13(12)17-10-11(15)9-14-2/h4-7,11,14-15H,3,8-10H2,1-2H3. The molecule has 0 saturated carbocycles. The Morgan fingerprint density at radius 2 is 1.88 bits per heavy atom. The van der Waals surface area contributed by atoms with Crippen LogP contribution in [-0.2, 0) is 0 Å². The van der Waals surface area contributed by atoms with Crippen molar-refractivity contribution < 1.29 is 14.6 Å². The van der Waals surface area contributed by atoms with Crippen molar-refractivity contribution in [1.29, 1.82) is 0 Å². The largest absolute Gasteiger partial charge is 0.490 e. The molecule has 1 aromatic rings. The van der Waals surface area contributed by atoms with Gasteiger partial charge in [0, 0.05) is 6.54 Å². The van der Waals surface area contributed by atoms with Gasteiger partial charge in [0.1, 0.15) is 12.7 Å². The lowest BCUT2D eigenvalue weighted by molar-refractivity contribution is 0.106. The molecule has 96 valence electrons. The molecule has 1 unspecified atom stereocenters. The van der Waals surface area contributed by atoms with Crippen molar-refractivity contribution in [3.8, 4) is 11.5 Å². The van der Waals surface area contributed by atoms with Gasteiger partial charge < -0.3 is 19.9 Å². The van der Waals surface area contributed by atoms with Crippen LogP contribution in [0.1, 0.15) is 13.3 Å². The molecular weight excluding hydrogens is 218 g/mol. The Balaban J connectivity index is 2.51. The zero-order valence-electron chi connectivity index (χ0n) is 10.5. The van der Waals surface area contributed by atoms with Crippen molar-refractivity contribution in [2.75, 3.05) is 26.8 Å². The third-order valence-electron chi connectivity index (χ3n) is 2.18. The molecule has 2 N–H and O–H groups in total. The van der Waals surface area contributed by atoms with E-state index < -0.39 is 6.10 Å². The normalized spacial score (nSPS) is 12.2. The van der Waals surface area contributed by atoms with Gasteiger partial charge in [0.05, 0.1) is 6.61 Å². The van der Waals surface area contributed by atoms with Crippen molar-refractivity contribution >= 4 is 0 Å². The van der Waals surface area contributed by atoms with Crippen molar-refractivity contribution in [2.45, 2.75) is 19.4 Å². The molecule has 0 heterocycles. The van der Waals surface area contributed by atoms with Crippen LogP contribution in [0, 0.1) is 0 Å². The molecule has 0 spiro atoms. The number of hydrogen-bond donors (Lipinski definition) is 2. The summed E-state index contributed by atoms with van der Waals surface area (Å²) in [6.07, 6.45) is 0.440. The van der Waals surface area contributed by atoms with Crippen LogP contribution < -0.4 is 14.8 Å². The van der Waals surface area contributed by atoms with Crippen LogP contribution >= 0.6 is 0 Å². The monoisotopic (exact) mass is 239 g/mol. The molecule has 0 aliphatic rings. The molecule has 1 rings (SSSR count). The molecule has 1 atom stereocenters. The van der Waals surface area contributed by atoms with Crippen molar-refractivity contribution in [1.82, 2.24) is 5.32 Å². The highest BCUT2D eigenvalue weighted by molar-refractivity contribution is 5.39. The number of aliphatic hydroxyl groups is 1. The fourth-order valence-corrected chi connectivity index (χ4v) is 1.38. The minimum atomic E-state index is -0.515. The van der Waals surface area contributed by atoms with E-state index in [0.717, 1.165) is 12.2 Å². The second-order valence-electron chi connectivity index (χ2n) is 3.82. The van der Waals surface area contributed by atoms with Crippen LogP contribution in [0.4, 0.5) is 0 Å². The van der Waals surface area contributed by atoms with Crippen LogP contribution in [-0.4, -0.2) is 38.0 Å². The second kappa shape index (κ2) is 7.92. The van der Waals surface area contributed by atoms with Crippen molar-refractivity contribution in [2.24, 2.45) is 0 Å². The van der Waals surface area contributed by atoms with E-state index in [1.165, 1.54) is 0 Å². The topological polar surface area (TPSA) is 50.7 Å². The zero-order chi connectivity index (χ0) is 12.5. The van der Waals surface area contributed by atoms with Crippen LogP contribution in [0.3, 0.4) is 0 Å². The van der Waals surface area contributed by atoms with Crippen LogP contribution in [0.2, 0.25) is 0 Å². The Bertz CT molecular complexity index is 317. The average molecular weight is 239 g/mol. The van der Waals surface area contributed by atoms with E-state index in [9.17, 15) is 5.11 Å². The van der Waals surface area contributed by atoms with Gasteiger partial charge in [0.2, 0.25) is 0 Å². The Kier molecular flexibility index (Phi) is 6.43. The highest BCUT2D eigenvalue weighted by Gasteiger charge is 2.07.